The molecular weight excluding hydrogens is 182 g/mol. The van der Waals surface area contributed by atoms with E-state index in [0.29, 0.717) is 5.69 Å². The Hall–Kier alpha value is -0.870. The smallest absolute Gasteiger partial charge is 0.181 e. The molecule has 0 amide bonds. The maximum absolute atomic E-state index is 8.97. The van der Waals surface area contributed by atoms with Crippen LogP contribution in [0.1, 0.15) is 30.7 Å². The molecule has 1 fully saturated rings. The van der Waals surface area contributed by atoms with Gasteiger partial charge in [-0.1, -0.05) is 0 Å². The molecule has 0 spiro atoms. The molecule has 78 valence electrons. The summed E-state index contributed by atoms with van der Waals surface area (Å²) in [6.07, 6.45) is 5.79. The maximum atomic E-state index is 8.97. The quantitative estimate of drug-likeness (QED) is 0.793. The molecule has 4 heteroatoms. The average Bonchev–Trinajstić information content (AvgIpc) is 2.67. The highest BCUT2D eigenvalue weighted by Crippen LogP contribution is 2.18. The van der Waals surface area contributed by atoms with Crippen molar-refractivity contribution in [3.8, 4) is 0 Å². The number of hydrogen-bond donors (Lipinski definition) is 1. The Labute approximate surface area is 82.9 Å². The highest BCUT2D eigenvalue weighted by Gasteiger charge is 2.18. The lowest BCUT2D eigenvalue weighted by molar-refractivity contribution is 0.0136. The molecule has 0 bridgehead atoms. The summed E-state index contributed by atoms with van der Waals surface area (Å²) in [5.41, 5.74) is 0.638. The number of aliphatic hydroxyl groups excluding tert-OH is 1. The van der Waals surface area contributed by atoms with Gasteiger partial charge < -0.3 is 14.3 Å². The van der Waals surface area contributed by atoms with E-state index in [1.165, 1.54) is 12.8 Å². The topological polar surface area (TPSA) is 55.5 Å². The highest BCUT2D eigenvalue weighted by atomic mass is 16.5. The van der Waals surface area contributed by atoms with Crippen LogP contribution < -0.4 is 0 Å². The second-order valence-electron chi connectivity index (χ2n) is 3.57. The molecule has 0 saturated carbocycles. The summed E-state index contributed by atoms with van der Waals surface area (Å²) >= 11 is 0. The van der Waals surface area contributed by atoms with Gasteiger partial charge in [0.25, 0.3) is 0 Å². The van der Waals surface area contributed by atoms with E-state index in [2.05, 4.69) is 4.98 Å². The highest BCUT2D eigenvalue weighted by molar-refractivity contribution is 5.07. The largest absolute Gasteiger partial charge is 0.448 e. The second kappa shape index (κ2) is 4.57. The van der Waals surface area contributed by atoms with Crippen LogP contribution in [0, 0.1) is 0 Å². The van der Waals surface area contributed by atoms with Gasteiger partial charge in [0.15, 0.2) is 6.39 Å². The monoisotopic (exact) mass is 197 g/mol. The molecule has 1 aromatic rings. The van der Waals surface area contributed by atoms with Crippen molar-refractivity contribution < 1.29 is 14.3 Å². The SMILES string of the molecule is OCc1ncoc1CC1CCCCO1. The first kappa shape index (κ1) is 9.68. The van der Waals surface area contributed by atoms with Gasteiger partial charge in [0.2, 0.25) is 0 Å². The Kier molecular flexibility index (Phi) is 3.16. The van der Waals surface area contributed by atoms with Gasteiger partial charge in [-0.15, -0.1) is 0 Å². The summed E-state index contributed by atoms with van der Waals surface area (Å²) in [6.45, 7) is 0.784. The molecule has 0 aliphatic carbocycles. The summed E-state index contributed by atoms with van der Waals surface area (Å²) in [6, 6.07) is 0. The molecule has 4 nitrogen and oxygen atoms in total. The van der Waals surface area contributed by atoms with Gasteiger partial charge >= 0.3 is 0 Å². The lowest BCUT2D eigenvalue weighted by Gasteiger charge is -2.21. The Morgan fingerprint density at radius 2 is 2.43 bits per heavy atom. The van der Waals surface area contributed by atoms with Crippen molar-refractivity contribution >= 4 is 0 Å². The summed E-state index contributed by atoms with van der Waals surface area (Å²) in [4.78, 5) is 3.93. The van der Waals surface area contributed by atoms with Crippen LogP contribution in [0.3, 0.4) is 0 Å². The summed E-state index contributed by atoms with van der Waals surface area (Å²) in [7, 11) is 0. The molecule has 0 radical (unpaired) electrons. The number of oxazole rings is 1. The minimum absolute atomic E-state index is 0.0570. The number of ether oxygens (including phenoxy) is 1. The Morgan fingerprint density at radius 1 is 1.50 bits per heavy atom. The van der Waals surface area contributed by atoms with Crippen molar-refractivity contribution in [1.29, 1.82) is 0 Å². The zero-order chi connectivity index (χ0) is 9.80. The lowest BCUT2D eigenvalue weighted by atomic mass is 10.0. The van der Waals surface area contributed by atoms with Gasteiger partial charge in [-0.2, -0.15) is 0 Å². The maximum Gasteiger partial charge on any atom is 0.181 e. The second-order valence-corrected chi connectivity index (χ2v) is 3.57. The molecule has 0 aromatic carbocycles. The fourth-order valence-electron chi connectivity index (χ4n) is 1.76. The Bertz CT molecular complexity index is 279. The van der Waals surface area contributed by atoms with Crippen LogP contribution in [0.2, 0.25) is 0 Å². The molecule has 1 saturated heterocycles. The summed E-state index contributed by atoms with van der Waals surface area (Å²) < 4.78 is 10.8. The molecule has 14 heavy (non-hydrogen) atoms. The first-order chi connectivity index (χ1) is 6.90. The van der Waals surface area contributed by atoms with E-state index in [4.69, 9.17) is 14.3 Å². The van der Waals surface area contributed by atoms with Gasteiger partial charge in [-0.3, -0.25) is 0 Å². The van der Waals surface area contributed by atoms with Crippen LogP contribution in [-0.2, 0) is 17.8 Å². The third kappa shape index (κ3) is 2.13. The minimum Gasteiger partial charge on any atom is -0.448 e. The van der Waals surface area contributed by atoms with Crippen LogP contribution in [0.25, 0.3) is 0 Å². The number of hydrogen-bond acceptors (Lipinski definition) is 4. The molecule has 1 aliphatic heterocycles. The van der Waals surface area contributed by atoms with Gasteiger partial charge in [0.05, 0.1) is 12.7 Å². The number of nitrogens with zero attached hydrogens (tertiary/aromatic N) is 1. The number of rotatable bonds is 3. The zero-order valence-electron chi connectivity index (χ0n) is 8.11. The molecule has 1 N–H and O–H groups in total. The van der Waals surface area contributed by atoms with E-state index < -0.39 is 0 Å². The van der Waals surface area contributed by atoms with E-state index in [-0.39, 0.29) is 12.7 Å². The summed E-state index contributed by atoms with van der Waals surface area (Å²) in [5, 5.41) is 8.97. The molecule has 1 aliphatic rings. The molecule has 1 unspecified atom stereocenters. The third-order valence-electron chi connectivity index (χ3n) is 2.56. The molecule has 1 atom stereocenters. The zero-order valence-corrected chi connectivity index (χ0v) is 8.11. The summed E-state index contributed by atoms with van der Waals surface area (Å²) in [5.74, 6) is 0.763. The van der Waals surface area contributed by atoms with Crippen molar-refractivity contribution in [2.75, 3.05) is 6.61 Å². The van der Waals surface area contributed by atoms with Crippen LogP contribution in [0.5, 0.6) is 0 Å². The van der Waals surface area contributed by atoms with Crippen LogP contribution in [-0.4, -0.2) is 22.8 Å². The average molecular weight is 197 g/mol. The lowest BCUT2D eigenvalue weighted by Crippen LogP contribution is -2.21. The number of aromatic nitrogens is 1. The minimum atomic E-state index is -0.0570. The predicted octanol–water partition coefficient (Wildman–Crippen LogP) is 1.28. The van der Waals surface area contributed by atoms with Crippen molar-refractivity contribution in [2.45, 2.75) is 38.4 Å². The number of aliphatic hydroxyl groups is 1. The van der Waals surface area contributed by atoms with Crippen molar-refractivity contribution in [3.05, 3.63) is 17.8 Å². The molecule has 2 rings (SSSR count). The first-order valence-electron chi connectivity index (χ1n) is 5.04. The van der Waals surface area contributed by atoms with E-state index >= 15 is 0 Å². The van der Waals surface area contributed by atoms with Gasteiger partial charge in [0, 0.05) is 13.0 Å². The van der Waals surface area contributed by atoms with Gasteiger partial charge in [-0.25, -0.2) is 4.98 Å². The molecule has 1 aromatic heterocycles. The van der Waals surface area contributed by atoms with Gasteiger partial charge in [-0.05, 0) is 19.3 Å². The predicted molar refractivity (Wildman–Crippen MR) is 49.7 cm³/mol. The molecular formula is C10H15NO3. The van der Waals surface area contributed by atoms with Crippen molar-refractivity contribution in [1.82, 2.24) is 4.98 Å². The third-order valence-corrected chi connectivity index (χ3v) is 2.56. The Morgan fingerprint density at radius 3 is 3.14 bits per heavy atom. The van der Waals surface area contributed by atoms with Crippen molar-refractivity contribution in [2.24, 2.45) is 0 Å². The first-order valence-corrected chi connectivity index (χ1v) is 5.04. The standard InChI is InChI=1S/C10H15NO3/c12-6-9-10(14-7-11-9)5-8-3-1-2-4-13-8/h7-8,12H,1-6H2. The van der Waals surface area contributed by atoms with E-state index in [0.717, 1.165) is 31.6 Å². The van der Waals surface area contributed by atoms with Crippen molar-refractivity contribution in [3.63, 3.8) is 0 Å². The Balaban J connectivity index is 1.95. The van der Waals surface area contributed by atoms with E-state index in [1.807, 2.05) is 0 Å². The van der Waals surface area contributed by atoms with Gasteiger partial charge in [0.1, 0.15) is 11.5 Å². The van der Waals surface area contributed by atoms with E-state index in [9.17, 15) is 0 Å². The van der Waals surface area contributed by atoms with Crippen LogP contribution in [0.4, 0.5) is 0 Å². The fraction of sp³-hybridized carbons (Fsp3) is 0.700. The normalized spacial score (nSPS) is 22.5. The van der Waals surface area contributed by atoms with Crippen LogP contribution in [0.15, 0.2) is 10.8 Å². The van der Waals surface area contributed by atoms with E-state index in [1.54, 1.807) is 0 Å². The van der Waals surface area contributed by atoms with Crippen LogP contribution >= 0.6 is 0 Å². The molecule has 2 heterocycles. The fourth-order valence-corrected chi connectivity index (χ4v) is 1.76.